The molecule has 19 heteroatoms. The van der Waals surface area contributed by atoms with Gasteiger partial charge in [-0.05, 0) is 25.7 Å². The first-order valence-corrected chi connectivity index (χ1v) is 19.1. The van der Waals surface area contributed by atoms with Gasteiger partial charge in [0, 0.05) is 6.42 Å². The molecule has 0 saturated carbocycles. The highest BCUT2D eigenvalue weighted by Gasteiger charge is 2.53. The van der Waals surface area contributed by atoms with Gasteiger partial charge < -0.3 is 89.9 Å². The number of rotatable bonds is 22. The molecule has 1 amide bonds. The second-order valence-electron chi connectivity index (χ2n) is 14.0. The number of aliphatic hydroxyl groups excluding tert-OH is 11. The van der Waals surface area contributed by atoms with Crippen molar-refractivity contribution in [3.8, 4) is 0 Å². The van der Waals surface area contributed by atoms with Gasteiger partial charge in [0.15, 0.2) is 18.9 Å². The molecule has 0 aromatic heterocycles. The van der Waals surface area contributed by atoms with E-state index in [0.29, 0.717) is 12.8 Å². The molecular formula is C36H63NO18. The van der Waals surface area contributed by atoms with Crippen LogP contribution in [0.3, 0.4) is 0 Å². The van der Waals surface area contributed by atoms with Gasteiger partial charge in [-0.3, -0.25) is 4.79 Å². The van der Waals surface area contributed by atoms with Gasteiger partial charge in [0.1, 0.15) is 73.2 Å². The molecule has 0 radical (unpaired) electrons. The normalized spacial score (nSPS) is 38.4. The highest BCUT2D eigenvalue weighted by Crippen LogP contribution is 2.32. The van der Waals surface area contributed by atoms with Crippen LogP contribution in [0.5, 0.6) is 0 Å². The molecule has 0 aliphatic carbocycles. The van der Waals surface area contributed by atoms with Gasteiger partial charge >= 0.3 is 0 Å². The summed E-state index contributed by atoms with van der Waals surface area (Å²) in [5, 5.41) is 118. The fourth-order valence-corrected chi connectivity index (χ4v) is 6.34. The number of hydrogen-bond acceptors (Lipinski definition) is 18. The summed E-state index contributed by atoms with van der Waals surface area (Å²) in [5.74, 6) is -0.330. The van der Waals surface area contributed by atoms with Crippen LogP contribution in [-0.2, 0) is 33.2 Å². The van der Waals surface area contributed by atoms with Crippen LogP contribution in [0.2, 0.25) is 0 Å². The minimum atomic E-state index is -1.97. The van der Waals surface area contributed by atoms with Crippen LogP contribution < -0.4 is 5.32 Å². The molecule has 0 aromatic rings. The summed E-state index contributed by atoms with van der Waals surface area (Å²) in [6.07, 6.45) is -13.1. The van der Waals surface area contributed by atoms with E-state index in [0.717, 1.165) is 32.1 Å². The number of unbranched alkanes of at least 4 members (excludes halogenated alkanes) is 4. The van der Waals surface area contributed by atoms with E-state index in [9.17, 15) is 61.0 Å². The average molecular weight is 798 g/mol. The van der Waals surface area contributed by atoms with Crippen molar-refractivity contribution in [3.63, 3.8) is 0 Å². The Kier molecular flexibility index (Phi) is 21.0. The molecule has 0 aromatic carbocycles. The first kappa shape index (κ1) is 47.6. The first-order valence-electron chi connectivity index (χ1n) is 19.1. The molecule has 17 unspecified atom stereocenters. The maximum Gasteiger partial charge on any atom is 0.220 e. The molecule has 0 spiro atoms. The molecule has 55 heavy (non-hydrogen) atoms. The van der Waals surface area contributed by atoms with Crippen molar-refractivity contribution < 1.29 is 89.4 Å². The third-order valence-corrected chi connectivity index (χ3v) is 9.75. The molecule has 12 N–H and O–H groups in total. The lowest BCUT2D eigenvalue weighted by Crippen LogP contribution is -2.66. The molecule has 19 nitrogen and oxygen atoms in total. The van der Waals surface area contributed by atoms with Gasteiger partial charge in [0.25, 0.3) is 0 Å². The smallest absolute Gasteiger partial charge is 0.220 e. The summed E-state index contributed by atoms with van der Waals surface area (Å²) in [6.45, 7) is 1.25. The number of allylic oxidation sites excluding steroid dienone is 3. The molecule has 3 fully saturated rings. The molecule has 0 bridgehead atoms. The molecule has 3 heterocycles. The van der Waals surface area contributed by atoms with Gasteiger partial charge in [-0.2, -0.15) is 0 Å². The number of carbonyl (C=O) groups is 1. The Labute approximate surface area is 320 Å². The zero-order valence-electron chi connectivity index (χ0n) is 31.4. The molecule has 3 aliphatic rings. The van der Waals surface area contributed by atoms with Crippen LogP contribution in [0.25, 0.3) is 0 Å². The second kappa shape index (κ2) is 24.3. The first-order chi connectivity index (χ1) is 26.3. The Morgan fingerprint density at radius 2 is 1.13 bits per heavy atom. The number of carbonyl (C=O) groups excluding carboxylic acids is 1. The summed E-state index contributed by atoms with van der Waals surface area (Å²) in [7, 11) is 0. The van der Waals surface area contributed by atoms with E-state index in [1.165, 1.54) is 6.08 Å². The molecular weight excluding hydrogens is 734 g/mol. The highest BCUT2D eigenvalue weighted by atomic mass is 16.8. The average Bonchev–Trinajstić information content (AvgIpc) is 3.18. The van der Waals surface area contributed by atoms with Gasteiger partial charge in [-0.1, -0.05) is 57.4 Å². The Morgan fingerprint density at radius 3 is 1.69 bits per heavy atom. The Hall–Kier alpha value is -1.73. The van der Waals surface area contributed by atoms with Crippen LogP contribution in [0.1, 0.15) is 65.2 Å². The van der Waals surface area contributed by atoms with Crippen molar-refractivity contribution in [2.45, 2.75) is 169 Å². The predicted molar refractivity (Wildman–Crippen MR) is 189 cm³/mol. The zero-order valence-corrected chi connectivity index (χ0v) is 31.4. The van der Waals surface area contributed by atoms with Crippen molar-refractivity contribution in [3.05, 3.63) is 24.3 Å². The summed E-state index contributed by atoms with van der Waals surface area (Å²) < 4.78 is 33.6. The van der Waals surface area contributed by atoms with Crippen LogP contribution >= 0.6 is 0 Å². The van der Waals surface area contributed by atoms with Gasteiger partial charge in [0.05, 0.1) is 38.6 Å². The van der Waals surface area contributed by atoms with Crippen molar-refractivity contribution in [1.29, 1.82) is 0 Å². The van der Waals surface area contributed by atoms with Crippen molar-refractivity contribution >= 4 is 5.91 Å². The van der Waals surface area contributed by atoms with Gasteiger partial charge in [-0.25, -0.2) is 0 Å². The second-order valence-corrected chi connectivity index (χ2v) is 14.0. The van der Waals surface area contributed by atoms with Gasteiger partial charge in [-0.15, -0.1) is 0 Å². The summed E-state index contributed by atoms with van der Waals surface area (Å²) >= 11 is 0. The molecule has 3 rings (SSSR count). The molecule has 3 aliphatic heterocycles. The maximum absolute atomic E-state index is 12.6. The Morgan fingerprint density at radius 1 is 0.636 bits per heavy atom. The molecule has 320 valence electrons. The fraction of sp³-hybridized carbons (Fsp3) is 0.861. The summed E-state index contributed by atoms with van der Waals surface area (Å²) in [4.78, 5) is 12.6. The Bertz CT molecular complexity index is 1140. The summed E-state index contributed by atoms with van der Waals surface area (Å²) in [5.41, 5.74) is 0. The topological polar surface area (TPSA) is 307 Å². The SMILES string of the molecule is CCCC/C=C/CC/C=C/C(O)C(COC1OC(CO)C(OC2OC(CO)C(OC3OC(CO)C(O)C(O)C3O)C(O)C2O)C(O)C1O)NC(=O)CCCC. The largest absolute Gasteiger partial charge is 0.394 e. The van der Waals surface area contributed by atoms with Crippen LogP contribution in [0.4, 0.5) is 0 Å². The van der Waals surface area contributed by atoms with E-state index >= 15 is 0 Å². The van der Waals surface area contributed by atoms with Crippen molar-refractivity contribution in [1.82, 2.24) is 5.32 Å². The van der Waals surface area contributed by atoms with Crippen molar-refractivity contribution in [2.75, 3.05) is 26.4 Å². The maximum atomic E-state index is 12.6. The monoisotopic (exact) mass is 797 g/mol. The zero-order chi connectivity index (χ0) is 40.7. The standard InChI is InChI=1S/C36H63NO18/c1-3-5-7-8-9-10-11-12-13-20(41)19(37-24(42)14-6-4-2)18-50-34-30(48)27(45)32(22(16-39)52-34)55-36-31(49)28(46)33(23(17-40)53-36)54-35-29(47)26(44)25(43)21(15-38)51-35/h8-9,12-13,19-23,25-36,38-41,43-49H,3-7,10-11,14-18H2,1-2H3,(H,37,42)/b9-8+,13-12+. The Balaban J connectivity index is 1.64. The quantitative estimate of drug-likeness (QED) is 0.0375. The lowest BCUT2D eigenvalue weighted by atomic mass is 9.96. The van der Waals surface area contributed by atoms with Crippen LogP contribution in [0, 0.1) is 0 Å². The molecule has 17 atom stereocenters. The fourth-order valence-electron chi connectivity index (χ4n) is 6.34. The van der Waals surface area contributed by atoms with Crippen LogP contribution in [0.15, 0.2) is 24.3 Å². The van der Waals surface area contributed by atoms with Crippen LogP contribution in [-0.4, -0.2) is 193 Å². The predicted octanol–water partition coefficient (Wildman–Crippen LogP) is -3.43. The van der Waals surface area contributed by atoms with E-state index < -0.39 is 124 Å². The third-order valence-electron chi connectivity index (χ3n) is 9.75. The lowest BCUT2D eigenvalue weighted by Gasteiger charge is -2.48. The van der Waals surface area contributed by atoms with Gasteiger partial charge in [0.2, 0.25) is 5.91 Å². The number of nitrogens with one attached hydrogen (secondary N) is 1. The third kappa shape index (κ3) is 13.4. The van der Waals surface area contributed by atoms with E-state index in [-0.39, 0.29) is 18.9 Å². The summed E-state index contributed by atoms with van der Waals surface area (Å²) in [6, 6.07) is -0.976. The van der Waals surface area contributed by atoms with E-state index in [1.54, 1.807) is 6.08 Å². The number of aliphatic hydroxyl groups is 11. The van der Waals surface area contributed by atoms with E-state index in [4.69, 9.17) is 28.4 Å². The number of hydrogen-bond donors (Lipinski definition) is 12. The number of amides is 1. The van der Waals surface area contributed by atoms with E-state index in [2.05, 4.69) is 24.4 Å². The van der Waals surface area contributed by atoms with E-state index in [1.807, 2.05) is 6.92 Å². The molecule has 3 saturated heterocycles. The number of ether oxygens (including phenoxy) is 6. The lowest BCUT2D eigenvalue weighted by molar-refractivity contribution is -0.379. The minimum absolute atomic E-state index is 0.209. The highest BCUT2D eigenvalue weighted by molar-refractivity contribution is 5.76. The van der Waals surface area contributed by atoms with Crippen molar-refractivity contribution in [2.24, 2.45) is 0 Å². The minimum Gasteiger partial charge on any atom is -0.394 e.